The van der Waals surface area contributed by atoms with E-state index in [2.05, 4.69) is 30.6 Å². The largest absolute Gasteiger partial charge is 0.492 e. The molecular formula is C18H29N3O3. The molecule has 1 aliphatic rings. The average Bonchev–Trinajstić information content (AvgIpc) is 2.52. The fourth-order valence-electron chi connectivity index (χ4n) is 3.42. The minimum absolute atomic E-state index is 0.109. The zero-order valence-corrected chi connectivity index (χ0v) is 14.9. The molecule has 134 valence electrons. The highest BCUT2D eigenvalue weighted by molar-refractivity contribution is 5.69. The zero-order chi connectivity index (χ0) is 17.7. The maximum Gasteiger partial charge on any atom is 0.317 e. The Hall–Kier alpha value is -1.79. The van der Waals surface area contributed by atoms with Crippen molar-refractivity contribution >= 4 is 11.7 Å². The van der Waals surface area contributed by atoms with E-state index in [0.29, 0.717) is 6.61 Å². The molecule has 24 heavy (non-hydrogen) atoms. The second kappa shape index (κ2) is 8.35. The molecule has 0 radical (unpaired) electrons. The van der Waals surface area contributed by atoms with Crippen molar-refractivity contribution in [2.45, 2.75) is 39.3 Å². The minimum atomic E-state index is -0.763. The van der Waals surface area contributed by atoms with E-state index in [1.807, 2.05) is 18.2 Å². The number of hydrogen-bond donors (Lipinski definition) is 2. The van der Waals surface area contributed by atoms with E-state index in [4.69, 9.17) is 15.6 Å². The molecule has 0 aromatic heterocycles. The summed E-state index contributed by atoms with van der Waals surface area (Å²) in [5.41, 5.74) is 7.70. The van der Waals surface area contributed by atoms with Gasteiger partial charge in [0.1, 0.15) is 12.4 Å². The first-order valence-corrected chi connectivity index (χ1v) is 8.61. The van der Waals surface area contributed by atoms with Gasteiger partial charge in [-0.3, -0.25) is 14.6 Å². The zero-order valence-electron chi connectivity index (χ0n) is 14.9. The van der Waals surface area contributed by atoms with Crippen LogP contribution in [0.4, 0.5) is 5.69 Å². The van der Waals surface area contributed by atoms with Gasteiger partial charge in [-0.1, -0.05) is 6.92 Å². The lowest BCUT2D eigenvalue weighted by atomic mass is 10.1. The van der Waals surface area contributed by atoms with Gasteiger partial charge in [-0.25, -0.2) is 0 Å². The van der Waals surface area contributed by atoms with Gasteiger partial charge in [0, 0.05) is 37.4 Å². The number of rotatable bonds is 7. The molecule has 0 bridgehead atoms. The van der Waals surface area contributed by atoms with Gasteiger partial charge < -0.3 is 15.6 Å². The number of carboxylic acid groups (broad SMARTS) is 1. The van der Waals surface area contributed by atoms with Crippen molar-refractivity contribution in [3.8, 4) is 5.75 Å². The van der Waals surface area contributed by atoms with E-state index in [1.54, 1.807) is 0 Å². The van der Waals surface area contributed by atoms with E-state index in [9.17, 15) is 4.79 Å². The van der Waals surface area contributed by atoms with Crippen LogP contribution in [0.3, 0.4) is 0 Å². The van der Waals surface area contributed by atoms with Crippen LogP contribution in [0.15, 0.2) is 18.2 Å². The summed E-state index contributed by atoms with van der Waals surface area (Å²) in [5, 5.41) is 9.02. The topological polar surface area (TPSA) is 79.0 Å². The number of ether oxygens (including phenoxy) is 1. The Balaban J connectivity index is 1.84. The minimum Gasteiger partial charge on any atom is -0.492 e. The first kappa shape index (κ1) is 18.5. The Bertz CT molecular complexity index is 552. The molecular weight excluding hydrogens is 306 g/mol. The Morgan fingerprint density at radius 3 is 2.58 bits per heavy atom. The van der Waals surface area contributed by atoms with Crippen molar-refractivity contribution in [1.29, 1.82) is 0 Å². The summed E-state index contributed by atoms with van der Waals surface area (Å²) in [6.45, 7) is 9.55. The predicted octanol–water partition coefficient (Wildman–Crippen LogP) is 1.69. The van der Waals surface area contributed by atoms with Crippen molar-refractivity contribution < 1.29 is 14.6 Å². The second-order valence-electron chi connectivity index (χ2n) is 6.59. The third-order valence-corrected chi connectivity index (χ3v) is 4.63. The van der Waals surface area contributed by atoms with Gasteiger partial charge in [0.05, 0.1) is 6.54 Å². The molecule has 0 aliphatic carbocycles. The molecule has 3 N–H and O–H groups in total. The molecule has 2 rings (SSSR count). The fraction of sp³-hybridized carbons (Fsp3) is 0.611. The molecule has 1 aromatic carbocycles. The molecule has 2 atom stereocenters. The number of carbonyl (C=O) groups is 1. The number of benzene rings is 1. The number of nitrogens with zero attached hydrogens (tertiary/aromatic N) is 2. The lowest BCUT2D eigenvalue weighted by Crippen LogP contribution is -2.58. The fourth-order valence-corrected chi connectivity index (χ4v) is 3.42. The van der Waals surface area contributed by atoms with Gasteiger partial charge in [-0.2, -0.15) is 0 Å². The van der Waals surface area contributed by atoms with Crippen LogP contribution in [0.5, 0.6) is 5.75 Å². The number of nitrogens with two attached hydrogens (primary N) is 1. The Morgan fingerprint density at radius 2 is 2.00 bits per heavy atom. The summed E-state index contributed by atoms with van der Waals surface area (Å²) in [6.07, 6.45) is 0.891. The van der Waals surface area contributed by atoms with E-state index in [1.165, 1.54) is 0 Å². The number of anilines is 1. The Kier molecular flexibility index (Phi) is 6.45. The Morgan fingerprint density at radius 1 is 1.33 bits per heavy atom. The number of nitrogen functional groups attached to an aromatic ring is 1. The highest BCUT2D eigenvalue weighted by Gasteiger charge is 2.30. The summed E-state index contributed by atoms with van der Waals surface area (Å²) in [6, 6.07) is 6.22. The van der Waals surface area contributed by atoms with Gasteiger partial charge in [0.15, 0.2) is 0 Å². The van der Waals surface area contributed by atoms with Gasteiger partial charge in [-0.15, -0.1) is 0 Å². The van der Waals surface area contributed by atoms with Gasteiger partial charge in [-0.05, 0) is 44.0 Å². The summed E-state index contributed by atoms with van der Waals surface area (Å²) >= 11 is 0. The van der Waals surface area contributed by atoms with Crippen LogP contribution in [-0.4, -0.2) is 65.7 Å². The van der Waals surface area contributed by atoms with Crippen LogP contribution >= 0.6 is 0 Å². The van der Waals surface area contributed by atoms with Crippen molar-refractivity contribution in [3.05, 3.63) is 23.8 Å². The third kappa shape index (κ3) is 4.85. The van der Waals surface area contributed by atoms with E-state index in [-0.39, 0.29) is 18.6 Å². The molecule has 0 amide bonds. The molecule has 1 fully saturated rings. The van der Waals surface area contributed by atoms with Crippen molar-refractivity contribution in [2.75, 3.05) is 38.5 Å². The van der Waals surface area contributed by atoms with Crippen LogP contribution in [0.1, 0.15) is 26.3 Å². The quantitative estimate of drug-likeness (QED) is 0.738. The first-order chi connectivity index (χ1) is 11.4. The number of carboxylic acids is 1. The normalized spacial score (nSPS) is 22.5. The molecule has 0 spiro atoms. The summed E-state index contributed by atoms with van der Waals surface area (Å²) in [4.78, 5) is 15.4. The summed E-state index contributed by atoms with van der Waals surface area (Å²) in [5.74, 6) is 0.137. The smallest absolute Gasteiger partial charge is 0.317 e. The lowest BCUT2D eigenvalue weighted by molar-refractivity contribution is -0.140. The van der Waals surface area contributed by atoms with Crippen LogP contribution in [0, 0.1) is 0 Å². The first-order valence-electron chi connectivity index (χ1n) is 8.61. The Labute approximate surface area is 144 Å². The molecule has 1 saturated heterocycles. The van der Waals surface area contributed by atoms with Crippen LogP contribution in [0.25, 0.3) is 0 Å². The molecule has 6 heteroatoms. The van der Waals surface area contributed by atoms with Crippen molar-refractivity contribution in [1.82, 2.24) is 9.80 Å². The monoisotopic (exact) mass is 335 g/mol. The molecule has 0 unspecified atom stereocenters. The third-order valence-electron chi connectivity index (χ3n) is 4.63. The van der Waals surface area contributed by atoms with Crippen molar-refractivity contribution in [2.24, 2.45) is 0 Å². The van der Waals surface area contributed by atoms with Gasteiger partial charge in [0.2, 0.25) is 0 Å². The maximum absolute atomic E-state index is 11.0. The summed E-state index contributed by atoms with van der Waals surface area (Å²) < 4.78 is 5.94. The number of piperazine rings is 1. The highest BCUT2D eigenvalue weighted by Crippen LogP contribution is 2.22. The van der Waals surface area contributed by atoms with Crippen LogP contribution < -0.4 is 10.5 Å². The molecule has 1 aliphatic heterocycles. The van der Waals surface area contributed by atoms with Crippen LogP contribution in [-0.2, 0) is 11.2 Å². The predicted molar refractivity (Wildman–Crippen MR) is 95.4 cm³/mol. The molecule has 1 aromatic rings. The highest BCUT2D eigenvalue weighted by atomic mass is 16.5. The summed E-state index contributed by atoms with van der Waals surface area (Å²) in [7, 11) is 0. The number of hydrogen-bond acceptors (Lipinski definition) is 5. The standard InChI is InChI=1S/C18H29N3O3/c1-4-15-9-16(19)5-6-17(15)24-8-7-20-10-13(2)21(12-18(22)23)14(3)11-20/h5-6,9,13-14H,4,7-8,10-12,19H2,1-3H3,(H,22,23)/t13-,14+. The number of aryl methyl sites for hydroxylation is 1. The van der Waals surface area contributed by atoms with E-state index >= 15 is 0 Å². The van der Waals surface area contributed by atoms with Gasteiger partial charge in [0.25, 0.3) is 0 Å². The van der Waals surface area contributed by atoms with Gasteiger partial charge >= 0.3 is 5.97 Å². The lowest BCUT2D eigenvalue weighted by Gasteiger charge is -2.43. The number of aliphatic carboxylic acids is 1. The molecule has 6 nitrogen and oxygen atoms in total. The van der Waals surface area contributed by atoms with Crippen molar-refractivity contribution in [3.63, 3.8) is 0 Å². The maximum atomic E-state index is 11.0. The molecule has 0 saturated carbocycles. The average molecular weight is 335 g/mol. The van der Waals surface area contributed by atoms with Crippen LogP contribution in [0.2, 0.25) is 0 Å². The van der Waals surface area contributed by atoms with E-state index < -0.39 is 5.97 Å². The molecule has 1 heterocycles. The SMILES string of the molecule is CCc1cc(N)ccc1OCCN1C[C@@H](C)N(CC(=O)O)[C@@H](C)C1. The second-order valence-corrected chi connectivity index (χ2v) is 6.59. The van der Waals surface area contributed by atoms with E-state index in [0.717, 1.165) is 43.1 Å².